The lowest BCUT2D eigenvalue weighted by Gasteiger charge is -2.26. The van der Waals surface area contributed by atoms with Crippen LogP contribution in [0.2, 0.25) is 0 Å². The van der Waals surface area contributed by atoms with Crippen LogP contribution in [0.5, 0.6) is 0 Å². The van der Waals surface area contributed by atoms with Gasteiger partial charge in [-0.1, -0.05) is 0 Å². The Hall–Kier alpha value is -1.34. The summed E-state index contributed by atoms with van der Waals surface area (Å²) >= 11 is 0. The van der Waals surface area contributed by atoms with E-state index < -0.39 is 11.6 Å². The molecule has 0 aromatic heterocycles. The van der Waals surface area contributed by atoms with Crippen molar-refractivity contribution in [2.75, 3.05) is 19.7 Å². The highest BCUT2D eigenvalue weighted by Crippen LogP contribution is 2.21. The third kappa shape index (κ3) is 4.36. The second-order valence-electron chi connectivity index (χ2n) is 5.09. The zero-order chi connectivity index (χ0) is 14.5. The zero-order valence-corrected chi connectivity index (χ0v) is 11.1. The first-order valence-corrected chi connectivity index (χ1v) is 6.49. The topological polar surface area (TPSA) is 110 Å². The second kappa shape index (κ2) is 6.72. The summed E-state index contributed by atoms with van der Waals surface area (Å²) in [6, 6.07) is -0.274. The van der Waals surface area contributed by atoms with Gasteiger partial charge in [-0.15, -0.1) is 0 Å². The van der Waals surface area contributed by atoms with Crippen molar-refractivity contribution in [1.29, 1.82) is 0 Å². The number of carboxylic acids is 1. The van der Waals surface area contributed by atoms with Gasteiger partial charge in [-0.25, -0.2) is 9.59 Å². The van der Waals surface area contributed by atoms with Gasteiger partial charge in [-0.3, -0.25) is 0 Å². The van der Waals surface area contributed by atoms with Crippen LogP contribution in [-0.4, -0.2) is 63.6 Å². The molecule has 0 spiro atoms. The summed E-state index contributed by atoms with van der Waals surface area (Å²) in [4.78, 5) is 24.3. The zero-order valence-electron chi connectivity index (χ0n) is 11.1. The van der Waals surface area contributed by atoms with Crippen molar-refractivity contribution < 1.29 is 24.9 Å². The van der Waals surface area contributed by atoms with Crippen LogP contribution in [0, 0.1) is 0 Å². The molecule has 1 rings (SSSR count). The first kappa shape index (κ1) is 15.7. The monoisotopic (exact) mass is 274 g/mol. The van der Waals surface area contributed by atoms with Gasteiger partial charge in [-0.2, -0.15) is 0 Å². The van der Waals surface area contributed by atoms with Crippen LogP contribution >= 0.6 is 0 Å². The SMILES string of the molecule is CC(O)(CNC(=O)N1CCCC1CCCO)C(=O)O. The number of amides is 2. The lowest BCUT2D eigenvalue weighted by atomic mass is 10.1. The molecule has 2 unspecified atom stereocenters. The maximum Gasteiger partial charge on any atom is 0.337 e. The molecule has 0 aromatic carbocycles. The molecule has 2 atom stereocenters. The van der Waals surface area contributed by atoms with Gasteiger partial charge in [0, 0.05) is 19.2 Å². The quantitative estimate of drug-likeness (QED) is 0.535. The molecular weight excluding hydrogens is 252 g/mol. The minimum atomic E-state index is -1.96. The molecule has 0 bridgehead atoms. The van der Waals surface area contributed by atoms with Gasteiger partial charge < -0.3 is 25.5 Å². The summed E-state index contributed by atoms with van der Waals surface area (Å²) in [5, 5.41) is 29.5. The number of carbonyl (C=O) groups is 2. The van der Waals surface area contributed by atoms with Gasteiger partial charge >= 0.3 is 12.0 Å². The number of hydrogen-bond acceptors (Lipinski definition) is 4. The number of carboxylic acid groups (broad SMARTS) is 1. The molecule has 0 aliphatic carbocycles. The third-order valence-electron chi connectivity index (χ3n) is 3.38. The molecule has 1 aliphatic rings. The molecule has 4 N–H and O–H groups in total. The summed E-state index contributed by atoms with van der Waals surface area (Å²) in [5.74, 6) is -1.37. The van der Waals surface area contributed by atoms with Gasteiger partial charge in [0.2, 0.25) is 0 Å². The summed E-state index contributed by atoms with van der Waals surface area (Å²) in [6.45, 7) is 1.53. The Morgan fingerprint density at radius 1 is 1.47 bits per heavy atom. The fourth-order valence-electron chi connectivity index (χ4n) is 2.16. The maximum absolute atomic E-state index is 11.9. The van der Waals surface area contributed by atoms with E-state index in [-0.39, 0.29) is 25.2 Å². The van der Waals surface area contributed by atoms with Crippen molar-refractivity contribution in [3.63, 3.8) is 0 Å². The molecule has 0 saturated carbocycles. The van der Waals surface area contributed by atoms with Crippen molar-refractivity contribution >= 4 is 12.0 Å². The van der Waals surface area contributed by atoms with Crippen molar-refractivity contribution in [1.82, 2.24) is 10.2 Å². The van der Waals surface area contributed by atoms with E-state index in [1.165, 1.54) is 0 Å². The average molecular weight is 274 g/mol. The van der Waals surface area contributed by atoms with Gasteiger partial charge in [-0.05, 0) is 32.6 Å². The summed E-state index contributed by atoms with van der Waals surface area (Å²) in [6.07, 6.45) is 3.17. The summed E-state index contributed by atoms with van der Waals surface area (Å²) in [5.41, 5.74) is -1.96. The first-order valence-electron chi connectivity index (χ1n) is 6.49. The molecule has 1 saturated heterocycles. The number of rotatable bonds is 6. The molecule has 7 heteroatoms. The van der Waals surface area contributed by atoms with E-state index in [9.17, 15) is 14.7 Å². The largest absolute Gasteiger partial charge is 0.479 e. The van der Waals surface area contributed by atoms with Crippen LogP contribution in [0.15, 0.2) is 0 Å². The highest BCUT2D eigenvalue weighted by Gasteiger charge is 2.33. The number of nitrogens with one attached hydrogen (secondary N) is 1. The number of aliphatic hydroxyl groups excluding tert-OH is 1. The number of hydrogen-bond donors (Lipinski definition) is 4. The number of aliphatic hydroxyl groups is 2. The molecule has 19 heavy (non-hydrogen) atoms. The van der Waals surface area contributed by atoms with Gasteiger partial charge in [0.15, 0.2) is 5.60 Å². The van der Waals surface area contributed by atoms with Gasteiger partial charge in [0.25, 0.3) is 0 Å². The van der Waals surface area contributed by atoms with Crippen LogP contribution < -0.4 is 5.32 Å². The van der Waals surface area contributed by atoms with Crippen LogP contribution in [0.25, 0.3) is 0 Å². The Morgan fingerprint density at radius 3 is 2.74 bits per heavy atom. The predicted molar refractivity (Wildman–Crippen MR) is 67.7 cm³/mol. The number of urea groups is 1. The number of nitrogens with zero attached hydrogens (tertiary/aromatic N) is 1. The van der Waals surface area contributed by atoms with E-state index in [0.29, 0.717) is 13.0 Å². The minimum Gasteiger partial charge on any atom is -0.479 e. The second-order valence-corrected chi connectivity index (χ2v) is 5.09. The van der Waals surface area contributed by atoms with E-state index in [2.05, 4.69) is 5.32 Å². The fourth-order valence-corrected chi connectivity index (χ4v) is 2.16. The molecule has 0 aromatic rings. The maximum atomic E-state index is 11.9. The summed E-state index contributed by atoms with van der Waals surface area (Å²) in [7, 11) is 0. The lowest BCUT2D eigenvalue weighted by molar-refractivity contribution is -0.155. The van der Waals surface area contributed by atoms with Gasteiger partial charge in [0.1, 0.15) is 0 Å². The Morgan fingerprint density at radius 2 is 2.16 bits per heavy atom. The first-order chi connectivity index (χ1) is 8.88. The Kier molecular flexibility index (Phi) is 5.56. The van der Waals surface area contributed by atoms with E-state index in [0.717, 1.165) is 26.2 Å². The van der Waals surface area contributed by atoms with E-state index in [1.807, 2.05) is 0 Å². The normalized spacial score (nSPS) is 22.1. The molecule has 1 heterocycles. The van der Waals surface area contributed by atoms with E-state index in [1.54, 1.807) is 4.90 Å². The van der Waals surface area contributed by atoms with E-state index in [4.69, 9.17) is 10.2 Å². The van der Waals surface area contributed by atoms with Crippen LogP contribution in [0.4, 0.5) is 4.79 Å². The summed E-state index contributed by atoms with van der Waals surface area (Å²) < 4.78 is 0. The lowest BCUT2D eigenvalue weighted by Crippen LogP contribution is -2.51. The molecule has 1 fully saturated rings. The van der Waals surface area contributed by atoms with Crippen LogP contribution in [-0.2, 0) is 4.79 Å². The standard InChI is InChI=1S/C12H22N2O5/c1-12(19,10(16)17)8-13-11(18)14-6-2-4-9(14)5-3-7-15/h9,15,19H,2-8H2,1H3,(H,13,18)(H,16,17). The van der Waals surface area contributed by atoms with Crippen molar-refractivity contribution in [3.8, 4) is 0 Å². The number of aliphatic carboxylic acids is 1. The average Bonchev–Trinajstić information content (AvgIpc) is 2.81. The van der Waals surface area contributed by atoms with Crippen LogP contribution in [0.1, 0.15) is 32.6 Å². The van der Waals surface area contributed by atoms with Crippen molar-refractivity contribution in [2.45, 2.75) is 44.2 Å². The highest BCUT2D eigenvalue weighted by molar-refractivity contribution is 5.79. The smallest absolute Gasteiger partial charge is 0.337 e. The molecule has 1 aliphatic heterocycles. The fraction of sp³-hybridized carbons (Fsp3) is 0.833. The molecule has 7 nitrogen and oxygen atoms in total. The molecule has 0 radical (unpaired) electrons. The Labute approximate surface area is 112 Å². The number of likely N-dealkylation sites (tertiary alicyclic amines) is 1. The van der Waals surface area contributed by atoms with E-state index >= 15 is 0 Å². The molecular formula is C12H22N2O5. The minimum absolute atomic E-state index is 0.0851. The Balaban J connectivity index is 2.46. The van der Waals surface area contributed by atoms with Crippen molar-refractivity contribution in [2.24, 2.45) is 0 Å². The highest BCUT2D eigenvalue weighted by atomic mass is 16.4. The number of carbonyl (C=O) groups excluding carboxylic acids is 1. The van der Waals surface area contributed by atoms with Crippen LogP contribution in [0.3, 0.4) is 0 Å². The third-order valence-corrected chi connectivity index (χ3v) is 3.38. The Bertz CT molecular complexity index is 332. The van der Waals surface area contributed by atoms with Crippen molar-refractivity contribution in [3.05, 3.63) is 0 Å². The molecule has 2 amide bonds. The molecule has 110 valence electrons. The van der Waals surface area contributed by atoms with Gasteiger partial charge in [0.05, 0.1) is 6.54 Å². The predicted octanol–water partition coefficient (Wildman–Crippen LogP) is -0.231.